The second kappa shape index (κ2) is 7.29. The highest BCUT2D eigenvalue weighted by atomic mass is 32.2. The third kappa shape index (κ3) is 4.90. The first-order valence-electron chi connectivity index (χ1n) is 6.18. The number of rotatable bonds is 7. The lowest BCUT2D eigenvalue weighted by molar-refractivity contribution is 0.560. The molecule has 0 spiro atoms. The molecule has 0 aromatic carbocycles. The third-order valence-electron chi connectivity index (χ3n) is 3.03. The summed E-state index contributed by atoms with van der Waals surface area (Å²) in [6.07, 6.45) is 3.86. The highest BCUT2D eigenvalue weighted by Gasteiger charge is 2.09. The molecule has 1 N–H and O–H groups in total. The number of aryl methyl sites for hydroxylation is 1. The van der Waals surface area contributed by atoms with Crippen LogP contribution in [0.5, 0.6) is 0 Å². The molecule has 3 atom stereocenters. The fourth-order valence-corrected chi connectivity index (χ4v) is 3.02. The summed E-state index contributed by atoms with van der Waals surface area (Å²) in [6.45, 7) is 7.36. The molecule has 1 rings (SSSR count). The fraction of sp³-hybridized carbons (Fsp3) is 0.692. The quantitative estimate of drug-likeness (QED) is 0.827. The lowest BCUT2D eigenvalue weighted by Gasteiger charge is -2.14. The van der Waals surface area contributed by atoms with Gasteiger partial charge in [0.25, 0.3) is 0 Å². The maximum atomic E-state index is 11.2. The van der Waals surface area contributed by atoms with Gasteiger partial charge in [0.05, 0.1) is 0 Å². The van der Waals surface area contributed by atoms with E-state index in [1.165, 1.54) is 9.75 Å². The zero-order chi connectivity index (χ0) is 12.8. The van der Waals surface area contributed by atoms with Gasteiger partial charge < -0.3 is 5.32 Å². The Bertz CT molecular complexity index is 362. The molecule has 98 valence electrons. The van der Waals surface area contributed by atoms with Crippen LogP contribution in [-0.4, -0.2) is 22.3 Å². The summed E-state index contributed by atoms with van der Waals surface area (Å²) in [7, 11) is -0.704. The van der Waals surface area contributed by atoms with Gasteiger partial charge in [-0.3, -0.25) is 4.21 Å². The first-order chi connectivity index (χ1) is 8.04. The fourth-order valence-electron chi connectivity index (χ4n) is 1.59. The molecule has 0 aliphatic carbocycles. The van der Waals surface area contributed by atoms with E-state index >= 15 is 0 Å². The standard InChI is InChI=1S/C13H23NOS2/c1-5-12-6-7-13(16-12)11(3)14-9-8-10(2)17(4)15/h6-7,10-11,14H,5,8-9H2,1-4H3. The Morgan fingerprint density at radius 1 is 1.41 bits per heavy atom. The van der Waals surface area contributed by atoms with E-state index < -0.39 is 10.8 Å². The van der Waals surface area contributed by atoms with E-state index in [0.717, 1.165) is 19.4 Å². The maximum absolute atomic E-state index is 11.2. The Morgan fingerprint density at radius 3 is 2.65 bits per heavy atom. The van der Waals surface area contributed by atoms with Gasteiger partial charge in [-0.05, 0) is 38.4 Å². The van der Waals surface area contributed by atoms with Crippen molar-refractivity contribution in [2.24, 2.45) is 0 Å². The van der Waals surface area contributed by atoms with Crippen molar-refractivity contribution >= 4 is 22.1 Å². The molecule has 1 aromatic heterocycles. The topological polar surface area (TPSA) is 29.1 Å². The molecule has 3 unspecified atom stereocenters. The first-order valence-corrected chi connectivity index (χ1v) is 8.62. The predicted molar refractivity (Wildman–Crippen MR) is 78.3 cm³/mol. The van der Waals surface area contributed by atoms with Crippen molar-refractivity contribution in [3.8, 4) is 0 Å². The zero-order valence-corrected chi connectivity index (χ0v) is 12.8. The Balaban J connectivity index is 2.34. The minimum absolute atomic E-state index is 0.282. The minimum atomic E-state index is -0.704. The second-order valence-corrected chi connectivity index (χ2v) is 7.43. The molecule has 0 saturated carbocycles. The molecule has 2 nitrogen and oxygen atoms in total. The Morgan fingerprint density at radius 2 is 2.12 bits per heavy atom. The van der Waals surface area contributed by atoms with E-state index in [-0.39, 0.29) is 5.25 Å². The van der Waals surface area contributed by atoms with Crippen LogP contribution in [0, 0.1) is 0 Å². The van der Waals surface area contributed by atoms with Crippen LogP contribution >= 0.6 is 11.3 Å². The summed E-state index contributed by atoms with van der Waals surface area (Å²) in [4.78, 5) is 2.84. The lowest BCUT2D eigenvalue weighted by Crippen LogP contribution is -2.23. The van der Waals surface area contributed by atoms with Crippen LogP contribution in [0.25, 0.3) is 0 Å². The van der Waals surface area contributed by atoms with E-state index in [1.54, 1.807) is 6.26 Å². The second-order valence-electron chi connectivity index (χ2n) is 4.43. The van der Waals surface area contributed by atoms with Gasteiger partial charge in [0.15, 0.2) is 0 Å². The molecule has 0 bridgehead atoms. The van der Waals surface area contributed by atoms with Crippen LogP contribution in [0.15, 0.2) is 12.1 Å². The summed E-state index contributed by atoms with van der Waals surface area (Å²) in [5.41, 5.74) is 0. The van der Waals surface area contributed by atoms with Crippen LogP contribution in [-0.2, 0) is 17.2 Å². The summed E-state index contributed by atoms with van der Waals surface area (Å²) in [5, 5.41) is 3.78. The Labute approximate surface area is 111 Å². The molecular formula is C13H23NOS2. The van der Waals surface area contributed by atoms with Crippen LogP contribution in [0.3, 0.4) is 0 Å². The zero-order valence-electron chi connectivity index (χ0n) is 11.2. The maximum Gasteiger partial charge on any atom is 0.0386 e. The van der Waals surface area contributed by atoms with Crippen molar-refractivity contribution in [2.45, 2.75) is 44.9 Å². The summed E-state index contributed by atoms with van der Waals surface area (Å²) < 4.78 is 11.2. The smallest absolute Gasteiger partial charge is 0.0386 e. The highest BCUT2D eigenvalue weighted by Crippen LogP contribution is 2.23. The van der Waals surface area contributed by atoms with Crippen LogP contribution in [0.4, 0.5) is 0 Å². The van der Waals surface area contributed by atoms with Crippen molar-refractivity contribution in [1.82, 2.24) is 5.32 Å². The van der Waals surface area contributed by atoms with Crippen molar-refractivity contribution in [3.63, 3.8) is 0 Å². The number of thiophene rings is 1. The van der Waals surface area contributed by atoms with Crippen molar-refractivity contribution in [2.75, 3.05) is 12.8 Å². The van der Waals surface area contributed by atoms with Gasteiger partial charge in [-0.25, -0.2) is 0 Å². The monoisotopic (exact) mass is 273 g/mol. The Hall–Kier alpha value is -0.190. The number of nitrogens with one attached hydrogen (secondary N) is 1. The van der Waals surface area contributed by atoms with Crippen LogP contribution < -0.4 is 5.32 Å². The molecule has 17 heavy (non-hydrogen) atoms. The van der Waals surface area contributed by atoms with Crippen molar-refractivity contribution in [1.29, 1.82) is 0 Å². The highest BCUT2D eigenvalue weighted by molar-refractivity contribution is 7.84. The van der Waals surface area contributed by atoms with Gasteiger partial charge in [0, 0.05) is 38.1 Å². The van der Waals surface area contributed by atoms with Gasteiger partial charge >= 0.3 is 0 Å². The van der Waals surface area contributed by atoms with Crippen LogP contribution in [0.1, 0.15) is 43.0 Å². The summed E-state index contributed by atoms with van der Waals surface area (Å²) >= 11 is 1.88. The molecule has 0 aliphatic heterocycles. The van der Waals surface area contributed by atoms with E-state index in [1.807, 2.05) is 18.3 Å². The lowest BCUT2D eigenvalue weighted by atomic mass is 10.2. The molecule has 0 amide bonds. The van der Waals surface area contributed by atoms with Gasteiger partial charge in [0.2, 0.25) is 0 Å². The SMILES string of the molecule is CCc1ccc(C(C)NCCC(C)S(C)=O)s1. The summed E-state index contributed by atoms with van der Waals surface area (Å²) in [5.74, 6) is 0. The number of hydrogen-bond donors (Lipinski definition) is 1. The van der Waals surface area contributed by atoms with Crippen molar-refractivity contribution in [3.05, 3.63) is 21.9 Å². The van der Waals surface area contributed by atoms with Gasteiger partial charge in [-0.1, -0.05) is 13.8 Å². The first kappa shape index (κ1) is 14.9. The predicted octanol–water partition coefficient (Wildman–Crippen LogP) is 3.12. The van der Waals surface area contributed by atoms with Gasteiger partial charge in [0.1, 0.15) is 0 Å². The largest absolute Gasteiger partial charge is 0.309 e. The van der Waals surface area contributed by atoms with E-state index in [4.69, 9.17) is 0 Å². The molecule has 0 fully saturated rings. The van der Waals surface area contributed by atoms with Gasteiger partial charge in [-0.15, -0.1) is 11.3 Å². The Kier molecular flexibility index (Phi) is 6.38. The average molecular weight is 273 g/mol. The average Bonchev–Trinajstić information content (AvgIpc) is 2.77. The molecule has 1 aromatic rings. The van der Waals surface area contributed by atoms with Crippen LogP contribution in [0.2, 0.25) is 0 Å². The molecule has 0 saturated heterocycles. The summed E-state index contributed by atoms with van der Waals surface area (Å²) in [6, 6.07) is 4.82. The van der Waals surface area contributed by atoms with E-state index in [0.29, 0.717) is 6.04 Å². The number of hydrogen-bond acceptors (Lipinski definition) is 3. The molecular weight excluding hydrogens is 250 g/mol. The minimum Gasteiger partial charge on any atom is -0.309 e. The normalized spacial score (nSPS) is 16.7. The molecule has 4 heteroatoms. The third-order valence-corrected chi connectivity index (χ3v) is 5.81. The molecule has 0 aliphatic rings. The molecule has 1 heterocycles. The van der Waals surface area contributed by atoms with Gasteiger partial charge in [-0.2, -0.15) is 0 Å². The van der Waals surface area contributed by atoms with E-state index in [9.17, 15) is 4.21 Å². The molecule has 0 radical (unpaired) electrons. The van der Waals surface area contributed by atoms with Crippen molar-refractivity contribution < 1.29 is 4.21 Å². The van der Waals surface area contributed by atoms with E-state index in [2.05, 4.69) is 31.3 Å².